The number of benzene rings is 1. The largest absolute Gasteiger partial charge is 0.480 e. The van der Waals surface area contributed by atoms with Crippen molar-refractivity contribution in [2.24, 2.45) is 0 Å². The van der Waals surface area contributed by atoms with Gasteiger partial charge in [0.15, 0.2) is 0 Å². The Morgan fingerprint density at radius 2 is 2.00 bits per heavy atom. The van der Waals surface area contributed by atoms with Gasteiger partial charge in [0.1, 0.15) is 12.4 Å². The van der Waals surface area contributed by atoms with E-state index in [-0.39, 0.29) is 18.5 Å². The van der Waals surface area contributed by atoms with Gasteiger partial charge in [-0.1, -0.05) is 12.1 Å². The number of methoxy groups -OCH3 is 1. The molecule has 170 valence electrons. The summed E-state index contributed by atoms with van der Waals surface area (Å²) >= 11 is 0. The van der Waals surface area contributed by atoms with E-state index in [0.717, 1.165) is 27.8 Å². The number of fused-ring (bicyclic) bond motifs is 5. The monoisotopic (exact) mass is 451 g/mol. The SMILES string of the molecule is COc1cc(-c2ccc3c(c2)COc2nc(NC4CC5CC(F)(F)C(C4)N5)ccc2-3)cnn1. The van der Waals surface area contributed by atoms with Crippen LogP contribution in [0.3, 0.4) is 0 Å². The van der Waals surface area contributed by atoms with Crippen LogP contribution in [0.1, 0.15) is 24.8 Å². The number of nitrogens with zero attached hydrogens (tertiary/aromatic N) is 3. The molecule has 0 radical (unpaired) electrons. The second kappa shape index (κ2) is 7.62. The highest BCUT2D eigenvalue weighted by atomic mass is 19.3. The first-order valence-corrected chi connectivity index (χ1v) is 11.0. The minimum atomic E-state index is -2.63. The molecule has 7 nitrogen and oxygen atoms in total. The van der Waals surface area contributed by atoms with Crippen molar-refractivity contribution in [3.05, 3.63) is 48.2 Å². The van der Waals surface area contributed by atoms with Crippen LogP contribution < -0.4 is 20.1 Å². The molecule has 3 atom stereocenters. The summed E-state index contributed by atoms with van der Waals surface area (Å²) in [6.07, 6.45) is 2.65. The lowest BCUT2D eigenvalue weighted by molar-refractivity contribution is -0.0124. The number of ether oxygens (including phenoxy) is 2. The smallest absolute Gasteiger partial charge is 0.264 e. The van der Waals surface area contributed by atoms with Crippen molar-refractivity contribution in [2.45, 2.75) is 49.9 Å². The number of rotatable bonds is 4. The molecule has 33 heavy (non-hydrogen) atoms. The second-order valence-electron chi connectivity index (χ2n) is 8.89. The summed E-state index contributed by atoms with van der Waals surface area (Å²) in [5.74, 6) is -0.970. The number of halogens is 2. The van der Waals surface area contributed by atoms with Crippen molar-refractivity contribution < 1.29 is 18.3 Å². The molecule has 1 aromatic carbocycles. The Bertz CT molecular complexity index is 1220. The van der Waals surface area contributed by atoms with Crippen LogP contribution in [0.5, 0.6) is 11.8 Å². The van der Waals surface area contributed by atoms with E-state index in [1.54, 1.807) is 13.3 Å². The summed E-state index contributed by atoms with van der Waals surface area (Å²) in [5.41, 5.74) is 4.94. The van der Waals surface area contributed by atoms with E-state index in [4.69, 9.17) is 9.47 Å². The topological polar surface area (TPSA) is 81.2 Å². The first-order valence-electron chi connectivity index (χ1n) is 11.0. The zero-order chi connectivity index (χ0) is 22.6. The average Bonchev–Trinajstić information content (AvgIpc) is 3.04. The number of nitrogens with one attached hydrogen (secondary N) is 2. The Hall–Kier alpha value is -3.33. The van der Waals surface area contributed by atoms with Crippen molar-refractivity contribution >= 4 is 5.82 Å². The lowest BCUT2D eigenvalue weighted by Gasteiger charge is -2.30. The van der Waals surface area contributed by atoms with Crippen molar-refractivity contribution in [1.29, 1.82) is 0 Å². The quantitative estimate of drug-likeness (QED) is 0.620. The van der Waals surface area contributed by atoms with Crippen LogP contribution in [0.15, 0.2) is 42.6 Å². The molecule has 3 aliphatic heterocycles. The van der Waals surface area contributed by atoms with Crippen LogP contribution >= 0.6 is 0 Å². The minimum absolute atomic E-state index is 0.0374. The van der Waals surface area contributed by atoms with E-state index in [1.807, 2.05) is 24.3 Å². The van der Waals surface area contributed by atoms with Gasteiger partial charge in [0.2, 0.25) is 11.8 Å². The maximum atomic E-state index is 14.0. The van der Waals surface area contributed by atoms with Crippen LogP contribution in [-0.2, 0) is 6.61 Å². The number of hydrogen-bond acceptors (Lipinski definition) is 7. The van der Waals surface area contributed by atoms with Crippen molar-refractivity contribution in [2.75, 3.05) is 12.4 Å². The fourth-order valence-corrected chi connectivity index (χ4v) is 5.12. The molecular weight excluding hydrogens is 428 g/mol. The molecule has 3 aromatic rings. The van der Waals surface area contributed by atoms with Gasteiger partial charge < -0.3 is 20.1 Å². The highest BCUT2D eigenvalue weighted by Gasteiger charge is 2.52. The molecule has 2 aromatic heterocycles. The van der Waals surface area contributed by atoms with Crippen LogP contribution in [0.2, 0.25) is 0 Å². The molecule has 6 rings (SSSR count). The van der Waals surface area contributed by atoms with Gasteiger partial charge in [0.25, 0.3) is 5.92 Å². The summed E-state index contributed by atoms with van der Waals surface area (Å²) in [5, 5.41) is 14.3. The molecule has 2 fully saturated rings. The molecule has 3 unspecified atom stereocenters. The van der Waals surface area contributed by atoms with Gasteiger partial charge in [0.05, 0.1) is 19.3 Å². The highest BCUT2D eigenvalue weighted by Crippen LogP contribution is 2.41. The number of aromatic nitrogens is 3. The first-order chi connectivity index (χ1) is 16.0. The molecule has 0 spiro atoms. The lowest BCUT2D eigenvalue weighted by atomic mass is 9.95. The predicted molar refractivity (Wildman–Crippen MR) is 119 cm³/mol. The maximum Gasteiger partial charge on any atom is 0.264 e. The first kappa shape index (κ1) is 20.3. The van der Waals surface area contributed by atoms with E-state index >= 15 is 0 Å². The third-order valence-corrected chi connectivity index (χ3v) is 6.70. The van der Waals surface area contributed by atoms with E-state index in [9.17, 15) is 8.78 Å². The summed E-state index contributed by atoms with van der Waals surface area (Å²) in [4.78, 5) is 4.64. The Balaban J connectivity index is 1.23. The number of hydrogen-bond donors (Lipinski definition) is 2. The van der Waals surface area contributed by atoms with Crippen LogP contribution in [-0.4, -0.2) is 46.3 Å². The highest BCUT2D eigenvalue weighted by molar-refractivity contribution is 5.78. The summed E-state index contributed by atoms with van der Waals surface area (Å²) in [7, 11) is 1.56. The molecule has 5 heterocycles. The van der Waals surface area contributed by atoms with Crippen LogP contribution in [0.4, 0.5) is 14.6 Å². The fraction of sp³-hybridized carbons (Fsp3) is 0.375. The number of pyridine rings is 1. The van der Waals surface area contributed by atoms with E-state index in [2.05, 4.69) is 37.9 Å². The molecule has 0 saturated carbocycles. The molecule has 0 amide bonds. The van der Waals surface area contributed by atoms with E-state index in [1.165, 1.54) is 0 Å². The van der Waals surface area contributed by atoms with E-state index < -0.39 is 12.0 Å². The van der Waals surface area contributed by atoms with Crippen molar-refractivity contribution in [3.8, 4) is 34.0 Å². The molecule has 0 aliphatic carbocycles. The predicted octanol–water partition coefficient (Wildman–Crippen LogP) is 4.05. The summed E-state index contributed by atoms with van der Waals surface area (Å²) in [6, 6.07) is 10.9. The Kier molecular flexibility index (Phi) is 4.69. The van der Waals surface area contributed by atoms with Gasteiger partial charge in [-0.05, 0) is 47.7 Å². The Labute approximate surface area is 189 Å². The summed E-state index contributed by atoms with van der Waals surface area (Å²) in [6.45, 7) is 0.395. The zero-order valence-electron chi connectivity index (χ0n) is 18.0. The molecule has 9 heteroatoms. The molecule has 2 bridgehead atoms. The molecule has 3 aliphatic rings. The maximum absolute atomic E-state index is 14.0. The second-order valence-corrected chi connectivity index (χ2v) is 8.89. The van der Waals surface area contributed by atoms with Crippen LogP contribution in [0, 0.1) is 0 Å². The van der Waals surface area contributed by atoms with Crippen molar-refractivity contribution in [1.82, 2.24) is 20.5 Å². The van der Waals surface area contributed by atoms with E-state index in [0.29, 0.717) is 37.0 Å². The standard InChI is InChI=1S/C24H23F2N5O2/c1-32-22-7-14(11-27-31-22)13-2-3-18-15(6-13)12-33-23-19(18)4-5-21(30-23)29-16-8-17-10-24(25,26)20(9-16)28-17/h2-7,11,16-17,20,28H,8-10,12H2,1H3,(H,29,30). The van der Waals surface area contributed by atoms with Gasteiger partial charge in [-0.25, -0.2) is 8.78 Å². The van der Waals surface area contributed by atoms with Crippen molar-refractivity contribution in [3.63, 3.8) is 0 Å². The Morgan fingerprint density at radius 3 is 2.85 bits per heavy atom. The van der Waals surface area contributed by atoms with Gasteiger partial charge in [-0.3, -0.25) is 0 Å². The molecular formula is C24H23F2N5O2. The average molecular weight is 451 g/mol. The number of alkyl halides is 2. The number of anilines is 1. The van der Waals surface area contributed by atoms with Gasteiger partial charge in [0, 0.05) is 35.7 Å². The van der Waals surface area contributed by atoms with Gasteiger partial charge in [-0.15, -0.1) is 5.10 Å². The van der Waals surface area contributed by atoms with Gasteiger partial charge >= 0.3 is 0 Å². The van der Waals surface area contributed by atoms with Crippen LogP contribution in [0.25, 0.3) is 22.3 Å². The molecule has 2 saturated heterocycles. The number of piperidine rings is 1. The molecule has 2 N–H and O–H groups in total. The third-order valence-electron chi connectivity index (χ3n) is 6.70. The van der Waals surface area contributed by atoms with Gasteiger partial charge in [-0.2, -0.15) is 10.1 Å². The third kappa shape index (κ3) is 3.66. The summed E-state index contributed by atoms with van der Waals surface area (Å²) < 4.78 is 39.2. The zero-order valence-corrected chi connectivity index (χ0v) is 18.0. The normalized spacial score (nSPS) is 24.4. The minimum Gasteiger partial charge on any atom is -0.480 e. The lowest BCUT2D eigenvalue weighted by Crippen LogP contribution is -2.46. The Morgan fingerprint density at radius 1 is 1.12 bits per heavy atom. The fourth-order valence-electron chi connectivity index (χ4n) is 5.12.